The zero-order valence-electron chi connectivity index (χ0n) is 13.2. The van der Waals surface area contributed by atoms with Gasteiger partial charge in [-0.1, -0.05) is 18.2 Å². The second-order valence-corrected chi connectivity index (χ2v) is 7.48. The van der Waals surface area contributed by atoms with E-state index >= 15 is 0 Å². The summed E-state index contributed by atoms with van der Waals surface area (Å²) in [6.07, 6.45) is 6.96. The fourth-order valence-electron chi connectivity index (χ4n) is 3.68. The van der Waals surface area contributed by atoms with Gasteiger partial charge in [-0.2, -0.15) is 5.10 Å². The molecule has 0 saturated heterocycles. The van der Waals surface area contributed by atoms with Crippen LogP contribution in [0.1, 0.15) is 12.8 Å². The van der Waals surface area contributed by atoms with Crippen molar-refractivity contribution in [1.29, 1.82) is 0 Å². The van der Waals surface area contributed by atoms with Crippen molar-refractivity contribution in [2.75, 3.05) is 6.54 Å². The molecule has 0 spiro atoms. The van der Waals surface area contributed by atoms with Gasteiger partial charge in [0.1, 0.15) is 12.2 Å². The third-order valence-electron chi connectivity index (χ3n) is 4.91. The first-order chi connectivity index (χ1) is 11.7. The van der Waals surface area contributed by atoms with Crippen LogP contribution in [0.15, 0.2) is 46.6 Å². The van der Waals surface area contributed by atoms with E-state index in [2.05, 4.69) is 22.6 Å². The highest BCUT2D eigenvalue weighted by atomic mass is 32.1. The maximum Gasteiger partial charge on any atom is 0.267 e. The molecule has 1 fully saturated rings. The summed E-state index contributed by atoms with van der Waals surface area (Å²) in [6.45, 7) is 0.651. The molecule has 1 saturated carbocycles. The lowest BCUT2D eigenvalue weighted by molar-refractivity contribution is -0.122. The molecule has 6 heteroatoms. The van der Waals surface area contributed by atoms with Gasteiger partial charge in [-0.25, -0.2) is 4.68 Å². The summed E-state index contributed by atoms with van der Waals surface area (Å²) in [4.78, 5) is 25.1. The number of nitrogens with one attached hydrogen (secondary N) is 1. The molecular formula is C18H19N3O2S. The largest absolute Gasteiger partial charge is 0.354 e. The van der Waals surface area contributed by atoms with E-state index in [1.54, 1.807) is 17.4 Å². The quantitative estimate of drug-likeness (QED) is 0.849. The van der Waals surface area contributed by atoms with Gasteiger partial charge in [0, 0.05) is 12.6 Å². The third-order valence-corrected chi connectivity index (χ3v) is 5.80. The Morgan fingerprint density at radius 2 is 2.21 bits per heavy atom. The van der Waals surface area contributed by atoms with Crippen molar-refractivity contribution >= 4 is 17.2 Å². The van der Waals surface area contributed by atoms with Gasteiger partial charge in [-0.15, -0.1) is 11.3 Å². The summed E-state index contributed by atoms with van der Waals surface area (Å²) in [7, 11) is 0. The highest BCUT2D eigenvalue weighted by Crippen LogP contribution is 2.42. The van der Waals surface area contributed by atoms with Gasteiger partial charge in [0.15, 0.2) is 0 Å². The lowest BCUT2D eigenvalue weighted by Crippen LogP contribution is -2.36. The van der Waals surface area contributed by atoms with Gasteiger partial charge in [0.2, 0.25) is 5.91 Å². The van der Waals surface area contributed by atoms with E-state index in [9.17, 15) is 9.59 Å². The fraction of sp³-hybridized carbons (Fsp3) is 0.389. The Bertz CT molecular complexity index is 825. The Morgan fingerprint density at radius 1 is 1.29 bits per heavy atom. The van der Waals surface area contributed by atoms with Crippen LogP contribution in [0.5, 0.6) is 0 Å². The molecule has 24 heavy (non-hydrogen) atoms. The van der Waals surface area contributed by atoms with Gasteiger partial charge in [0.25, 0.3) is 5.56 Å². The SMILES string of the molecule is O=C(Cn1nc(-c2cccs2)ccc1=O)NC[C@@H]1C[C@H]2C=C[C@H]1C2. The Labute approximate surface area is 144 Å². The molecule has 0 unspecified atom stereocenters. The molecule has 2 aliphatic rings. The maximum absolute atomic E-state index is 12.2. The molecule has 1 amide bonds. The summed E-state index contributed by atoms with van der Waals surface area (Å²) < 4.78 is 1.24. The topological polar surface area (TPSA) is 64.0 Å². The normalized spacial score (nSPS) is 24.4. The van der Waals surface area contributed by atoms with E-state index in [0.29, 0.717) is 24.3 Å². The minimum absolute atomic E-state index is 0.0330. The molecule has 0 aromatic carbocycles. The Hall–Kier alpha value is -2.21. The van der Waals surface area contributed by atoms with Crippen molar-refractivity contribution in [3.8, 4) is 10.6 Å². The van der Waals surface area contributed by atoms with Gasteiger partial charge in [-0.05, 0) is 48.1 Å². The van der Waals surface area contributed by atoms with Gasteiger partial charge in [0.05, 0.1) is 4.88 Å². The number of carbonyl (C=O) groups is 1. The smallest absolute Gasteiger partial charge is 0.267 e. The minimum atomic E-state index is -0.256. The maximum atomic E-state index is 12.2. The summed E-state index contributed by atoms with van der Waals surface area (Å²) in [6, 6.07) is 7.05. The van der Waals surface area contributed by atoms with Crippen molar-refractivity contribution in [3.63, 3.8) is 0 Å². The molecule has 124 valence electrons. The first-order valence-corrected chi connectivity index (χ1v) is 9.14. The van der Waals surface area contributed by atoms with Gasteiger partial charge in [-0.3, -0.25) is 9.59 Å². The highest BCUT2D eigenvalue weighted by molar-refractivity contribution is 7.13. The van der Waals surface area contributed by atoms with Crippen LogP contribution in [0.3, 0.4) is 0 Å². The van der Waals surface area contributed by atoms with E-state index in [-0.39, 0.29) is 18.0 Å². The first-order valence-electron chi connectivity index (χ1n) is 8.26. The number of nitrogens with zero attached hydrogens (tertiary/aromatic N) is 2. The number of hydrogen-bond acceptors (Lipinski definition) is 4. The summed E-state index contributed by atoms with van der Waals surface area (Å²) in [5.74, 6) is 1.69. The highest BCUT2D eigenvalue weighted by Gasteiger charge is 2.35. The van der Waals surface area contributed by atoms with Crippen LogP contribution >= 0.6 is 11.3 Å². The molecule has 5 nitrogen and oxygen atoms in total. The minimum Gasteiger partial charge on any atom is -0.354 e. The van der Waals surface area contributed by atoms with E-state index < -0.39 is 0 Å². The molecular weight excluding hydrogens is 322 g/mol. The number of allylic oxidation sites excluding steroid dienone is 2. The molecule has 2 aliphatic carbocycles. The van der Waals surface area contributed by atoms with E-state index in [0.717, 1.165) is 17.0 Å². The number of amides is 1. The Morgan fingerprint density at radius 3 is 2.92 bits per heavy atom. The lowest BCUT2D eigenvalue weighted by Gasteiger charge is -2.18. The molecule has 2 heterocycles. The lowest BCUT2D eigenvalue weighted by atomic mass is 9.94. The zero-order chi connectivity index (χ0) is 16.5. The number of carbonyl (C=O) groups excluding carboxylic acids is 1. The Balaban J connectivity index is 1.39. The summed E-state index contributed by atoms with van der Waals surface area (Å²) in [5.41, 5.74) is 0.462. The molecule has 2 bridgehead atoms. The van der Waals surface area contributed by atoms with Crippen molar-refractivity contribution in [1.82, 2.24) is 15.1 Å². The number of thiophene rings is 1. The van der Waals surface area contributed by atoms with Crippen molar-refractivity contribution in [2.24, 2.45) is 17.8 Å². The molecule has 0 aliphatic heterocycles. The molecule has 2 aromatic heterocycles. The van der Waals surface area contributed by atoms with Crippen LogP contribution in [0, 0.1) is 17.8 Å². The molecule has 0 radical (unpaired) electrons. The molecule has 2 aromatic rings. The zero-order valence-corrected chi connectivity index (χ0v) is 14.0. The van der Waals surface area contributed by atoms with Gasteiger partial charge < -0.3 is 5.32 Å². The second kappa shape index (κ2) is 6.36. The summed E-state index contributed by atoms with van der Waals surface area (Å²) >= 11 is 1.56. The molecule has 3 atom stereocenters. The van der Waals surface area contributed by atoms with Crippen LogP contribution in [0.4, 0.5) is 0 Å². The van der Waals surface area contributed by atoms with Crippen LogP contribution in [-0.4, -0.2) is 22.2 Å². The predicted molar refractivity (Wildman–Crippen MR) is 93.7 cm³/mol. The van der Waals surface area contributed by atoms with Crippen molar-refractivity contribution in [2.45, 2.75) is 19.4 Å². The van der Waals surface area contributed by atoms with E-state index in [1.165, 1.54) is 17.2 Å². The predicted octanol–water partition coefficient (Wildman–Crippen LogP) is 2.30. The average molecular weight is 341 g/mol. The van der Waals surface area contributed by atoms with Crippen LogP contribution in [0.25, 0.3) is 10.6 Å². The van der Waals surface area contributed by atoms with Crippen LogP contribution in [-0.2, 0) is 11.3 Å². The fourth-order valence-corrected chi connectivity index (χ4v) is 4.37. The number of fused-ring (bicyclic) bond motifs is 2. The molecule has 4 rings (SSSR count). The van der Waals surface area contributed by atoms with Gasteiger partial charge >= 0.3 is 0 Å². The van der Waals surface area contributed by atoms with E-state index in [4.69, 9.17) is 0 Å². The standard InChI is InChI=1S/C18H19N3O2S/c22-17(19-10-14-9-12-3-4-13(14)8-12)11-21-18(23)6-5-15(20-21)16-2-1-7-24-16/h1-7,12-14H,8-11H2,(H,19,22)/t12-,13-,14-/m0/s1. The number of aromatic nitrogens is 2. The Kier molecular flexibility index (Phi) is 4.06. The van der Waals surface area contributed by atoms with E-state index in [1.807, 2.05) is 17.5 Å². The first kappa shape index (κ1) is 15.3. The van der Waals surface area contributed by atoms with Crippen LogP contribution in [0.2, 0.25) is 0 Å². The van der Waals surface area contributed by atoms with Crippen molar-refractivity contribution in [3.05, 3.63) is 52.2 Å². The molecule has 1 N–H and O–H groups in total. The van der Waals surface area contributed by atoms with Crippen LogP contribution < -0.4 is 10.9 Å². The summed E-state index contributed by atoms with van der Waals surface area (Å²) in [5, 5.41) is 9.25. The number of rotatable bonds is 5. The third kappa shape index (κ3) is 3.06. The second-order valence-electron chi connectivity index (χ2n) is 6.54. The number of hydrogen-bond donors (Lipinski definition) is 1. The monoisotopic (exact) mass is 341 g/mol. The van der Waals surface area contributed by atoms with Crippen molar-refractivity contribution < 1.29 is 4.79 Å². The average Bonchev–Trinajstić information content (AvgIpc) is 3.32.